The number of hydrogen-bond acceptors (Lipinski definition) is 3. The molecule has 1 aliphatic heterocycles. The van der Waals surface area contributed by atoms with Crippen molar-refractivity contribution in [3.05, 3.63) is 28.8 Å². The Balaban J connectivity index is 2.27. The summed E-state index contributed by atoms with van der Waals surface area (Å²) >= 11 is 6.30. The summed E-state index contributed by atoms with van der Waals surface area (Å²) in [6, 6.07) is 5.33. The van der Waals surface area contributed by atoms with Crippen LogP contribution < -0.4 is 5.46 Å². The lowest BCUT2D eigenvalue weighted by molar-refractivity contribution is 0.00578. The number of carbonyl (C=O) groups excluding carboxylic acids is 1. The zero-order valence-electron chi connectivity index (χ0n) is 14.0. The molecule has 3 nitrogen and oxygen atoms in total. The van der Waals surface area contributed by atoms with E-state index in [9.17, 15) is 4.79 Å². The van der Waals surface area contributed by atoms with Crippen LogP contribution in [0.3, 0.4) is 0 Å². The Bertz CT molecular complexity index is 553. The van der Waals surface area contributed by atoms with Crippen molar-refractivity contribution in [2.45, 2.75) is 65.1 Å². The molecule has 1 aliphatic rings. The molecule has 0 radical (unpaired) electrons. The highest BCUT2D eigenvalue weighted by Gasteiger charge is 2.52. The number of benzene rings is 1. The van der Waals surface area contributed by atoms with Gasteiger partial charge in [0.1, 0.15) is 0 Å². The molecule has 0 aromatic heterocycles. The number of carbonyl (C=O) groups is 1. The highest BCUT2D eigenvalue weighted by molar-refractivity contribution is 6.65. The van der Waals surface area contributed by atoms with E-state index < -0.39 is 18.3 Å². The maximum atomic E-state index is 12.2. The van der Waals surface area contributed by atoms with Crippen LogP contribution in [0.4, 0.5) is 0 Å². The summed E-state index contributed by atoms with van der Waals surface area (Å²) in [6.45, 7) is 10.1. The molecular formula is C17H24BClO3. The van der Waals surface area contributed by atoms with Crippen molar-refractivity contribution < 1.29 is 14.1 Å². The van der Waals surface area contributed by atoms with E-state index in [-0.39, 0.29) is 5.78 Å². The fourth-order valence-electron chi connectivity index (χ4n) is 2.35. The van der Waals surface area contributed by atoms with Crippen molar-refractivity contribution in [1.82, 2.24) is 0 Å². The molecule has 0 bridgehead atoms. The summed E-state index contributed by atoms with van der Waals surface area (Å²) in [6.07, 6.45) is 2.46. The van der Waals surface area contributed by atoms with Crippen molar-refractivity contribution in [3.8, 4) is 0 Å². The van der Waals surface area contributed by atoms with Crippen LogP contribution in [0.25, 0.3) is 0 Å². The molecule has 1 aromatic rings. The van der Waals surface area contributed by atoms with Gasteiger partial charge in [0.15, 0.2) is 5.78 Å². The first-order valence-corrected chi connectivity index (χ1v) is 8.24. The third-order valence-corrected chi connectivity index (χ3v) is 4.93. The van der Waals surface area contributed by atoms with Gasteiger partial charge in [-0.25, -0.2) is 0 Å². The quantitative estimate of drug-likeness (QED) is 0.607. The van der Waals surface area contributed by atoms with Gasteiger partial charge in [-0.15, -0.1) is 0 Å². The van der Waals surface area contributed by atoms with Gasteiger partial charge in [-0.2, -0.15) is 0 Å². The zero-order valence-corrected chi connectivity index (χ0v) is 14.8. The van der Waals surface area contributed by atoms with Gasteiger partial charge in [-0.05, 0) is 46.2 Å². The molecule has 1 saturated heterocycles. The van der Waals surface area contributed by atoms with Crippen LogP contribution in [0, 0.1) is 0 Å². The number of rotatable bonds is 5. The van der Waals surface area contributed by atoms with Crippen molar-refractivity contribution in [2.24, 2.45) is 0 Å². The van der Waals surface area contributed by atoms with Crippen LogP contribution in [0.2, 0.25) is 5.02 Å². The first kappa shape index (κ1) is 17.5. The summed E-state index contributed by atoms with van der Waals surface area (Å²) in [4.78, 5) is 12.2. The first-order valence-electron chi connectivity index (χ1n) is 7.86. The number of halogens is 1. The lowest BCUT2D eigenvalue weighted by Gasteiger charge is -2.32. The molecule has 0 aliphatic carbocycles. The third-order valence-electron chi connectivity index (χ3n) is 4.58. The van der Waals surface area contributed by atoms with Gasteiger partial charge in [-0.1, -0.05) is 31.0 Å². The second-order valence-corrected chi connectivity index (χ2v) is 7.26. The standard InChI is InChI=1S/C17H24BClO3/c1-6-7-8-15(20)12-9-10-14(19)13(11-12)18-21-16(2,3)17(4,5)22-18/h9-11H,6-8H2,1-5H3. The molecule has 2 rings (SSSR count). The van der Waals surface area contributed by atoms with E-state index in [0.717, 1.165) is 18.3 Å². The van der Waals surface area contributed by atoms with Crippen LogP contribution >= 0.6 is 11.6 Å². The minimum atomic E-state index is -0.545. The highest BCUT2D eigenvalue weighted by Crippen LogP contribution is 2.37. The summed E-state index contributed by atoms with van der Waals surface area (Å²) < 4.78 is 12.1. The van der Waals surface area contributed by atoms with E-state index in [0.29, 0.717) is 17.0 Å². The lowest BCUT2D eigenvalue weighted by atomic mass is 9.78. The van der Waals surface area contributed by atoms with E-state index >= 15 is 0 Å². The topological polar surface area (TPSA) is 35.5 Å². The maximum Gasteiger partial charge on any atom is 0.496 e. The second kappa shape index (κ2) is 6.35. The van der Waals surface area contributed by atoms with Gasteiger partial charge >= 0.3 is 7.12 Å². The number of unbranched alkanes of at least 4 members (excludes halogenated alkanes) is 1. The number of ketones is 1. The largest absolute Gasteiger partial charge is 0.496 e. The Kier molecular flexibility index (Phi) is 5.05. The second-order valence-electron chi connectivity index (χ2n) is 6.85. The highest BCUT2D eigenvalue weighted by atomic mass is 35.5. The summed E-state index contributed by atoms with van der Waals surface area (Å²) in [5, 5.41) is 0.561. The van der Waals surface area contributed by atoms with Crippen molar-refractivity contribution >= 4 is 30.0 Å². The predicted molar refractivity (Wildman–Crippen MR) is 91.0 cm³/mol. The Morgan fingerprint density at radius 3 is 2.32 bits per heavy atom. The van der Waals surface area contributed by atoms with Gasteiger partial charge in [-0.3, -0.25) is 4.79 Å². The summed E-state index contributed by atoms with van der Waals surface area (Å²) in [5.74, 6) is 0.135. The monoisotopic (exact) mass is 322 g/mol. The van der Waals surface area contributed by atoms with Crippen LogP contribution in [0.5, 0.6) is 0 Å². The van der Waals surface area contributed by atoms with E-state index in [2.05, 4.69) is 6.92 Å². The molecule has 0 atom stereocenters. The normalized spacial score (nSPS) is 19.5. The minimum absolute atomic E-state index is 0.135. The number of hydrogen-bond donors (Lipinski definition) is 0. The summed E-state index contributed by atoms with van der Waals surface area (Å²) in [7, 11) is -0.545. The van der Waals surface area contributed by atoms with Gasteiger partial charge in [0.05, 0.1) is 11.2 Å². The molecule has 0 spiro atoms. The fraction of sp³-hybridized carbons (Fsp3) is 0.588. The molecule has 120 valence electrons. The molecular weight excluding hydrogens is 298 g/mol. The average Bonchev–Trinajstić information content (AvgIpc) is 2.65. The van der Waals surface area contributed by atoms with Crippen molar-refractivity contribution in [2.75, 3.05) is 0 Å². The van der Waals surface area contributed by atoms with Crippen LogP contribution in [-0.4, -0.2) is 24.1 Å². The van der Waals surface area contributed by atoms with Crippen LogP contribution in [0.15, 0.2) is 18.2 Å². The maximum absolute atomic E-state index is 12.2. The van der Waals surface area contributed by atoms with Gasteiger partial charge in [0.25, 0.3) is 0 Å². The van der Waals surface area contributed by atoms with Crippen molar-refractivity contribution in [1.29, 1.82) is 0 Å². The SMILES string of the molecule is CCCCC(=O)c1ccc(Cl)c(B2OC(C)(C)C(C)(C)O2)c1. The van der Waals surface area contributed by atoms with E-state index in [1.165, 1.54) is 0 Å². The molecule has 0 N–H and O–H groups in total. The molecule has 1 heterocycles. The summed E-state index contributed by atoms with van der Waals surface area (Å²) in [5.41, 5.74) is 0.539. The molecule has 0 amide bonds. The number of Topliss-reactive ketones (excluding diaryl/α,β-unsaturated/α-hetero) is 1. The predicted octanol–water partition coefficient (Wildman–Crippen LogP) is 4.01. The Morgan fingerprint density at radius 2 is 1.77 bits per heavy atom. The molecule has 1 fully saturated rings. The Labute approximate surface area is 138 Å². The third kappa shape index (κ3) is 3.39. The Hall–Kier alpha value is -0.835. The molecule has 5 heteroatoms. The smallest absolute Gasteiger partial charge is 0.399 e. The molecule has 0 unspecified atom stereocenters. The molecule has 1 aromatic carbocycles. The van der Waals surface area contributed by atoms with E-state index in [1.807, 2.05) is 33.8 Å². The van der Waals surface area contributed by atoms with Gasteiger partial charge in [0.2, 0.25) is 0 Å². The van der Waals surface area contributed by atoms with Crippen LogP contribution in [-0.2, 0) is 9.31 Å². The lowest BCUT2D eigenvalue weighted by Crippen LogP contribution is -2.41. The van der Waals surface area contributed by atoms with Crippen LogP contribution in [0.1, 0.15) is 64.2 Å². The van der Waals surface area contributed by atoms with Gasteiger partial charge < -0.3 is 9.31 Å². The average molecular weight is 323 g/mol. The zero-order chi connectivity index (χ0) is 16.5. The fourth-order valence-corrected chi connectivity index (χ4v) is 2.56. The first-order chi connectivity index (χ1) is 10.2. The minimum Gasteiger partial charge on any atom is -0.399 e. The van der Waals surface area contributed by atoms with Crippen molar-refractivity contribution in [3.63, 3.8) is 0 Å². The van der Waals surface area contributed by atoms with E-state index in [1.54, 1.807) is 12.1 Å². The Morgan fingerprint density at radius 1 is 1.18 bits per heavy atom. The molecule has 0 saturated carbocycles. The van der Waals surface area contributed by atoms with E-state index in [4.69, 9.17) is 20.9 Å². The molecule has 22 heavy (non-hydrogen) atoms. The van der Waals surface area contributed by atoms with Gasteiger partial charge in [0, 0.05) is 22.5 Å².